The van der Waals surface area contributed by atoms with Crippen LogP contribution in [-0.4, -0.2) is 21.0 Å². The summed E-state index contributed by atoms with van der Waals surface area (Å²) < 4.78 is 0. The Kier molecular flexibility index (Phi) is 2.23. The minimum Gasteiger partial charge on any atom is -0.478 e. The number of aromatic amines is 2. The minimum atomic E-state index is -0.929. The first-order chi connectivity index (χ1) is 8.66. The lowest BCUT2D eigenvalue weighted by Gasteiger charge is -1.97. The quantitative estimate of drug-likeness (QED) is 0.644. The van der Waals surface area contributed by atoms with Crippen molar-refractivity contribution in [3.05, 3.63) is 47.7 Å². The minimum absolute atomic E-state index is 0.277. The van der Waals surface area contributed by atoms with E-state index in [4.69, 9.17) is 5.11 Å². The first kappa shape index (κ1) is 10.7. The molecule has 4 heteroatoms. The van der Waals surface area contributed by atoms with E-state index in [1.54, 1.807) is 12.3 Å². The Morgan fingerprint density at radius 3 is 2.83 bits per heavy atom. The SMILES string of the molecule is Cc1cccc2cc(-c3[nH]ccc3C(=O)O)[nH]c12. The second-order valence-corrected chi connectivity index (χ2v) is 4.29. The maximum absolute atomic E-state index is 11.1. The molecule has 18 heavy (non-hydrogen) atoms. The Morgan fingerprint density at radius 1 is 1.28 bits per heavy atom. The van der Waals surface area contributed by atoms with Gasteiger partial charge in [-0.1, -0.05) is 18.2 Å². The van der Waals surface area contributed by atoms with Gasteiger partial charge < -0.3 is 15.1 Å². The molecule has 0 atom stereocenters. The number of carbonyl (C=O) groups is 1. The average Bonchev–Trinajstić information content (AvgIpc) is 2.95. The van der Waals surface area contributed by atoms with Gasteiger partial charge in [-0.3, -0.25) is 0 Å². The van der Waals surface area contributed by atoms with Gasteiger partial charge in [0.1, 0.15) is 0 Å². The zero-order valence-corrected chi connectivity index (χ0v) is 9.82. The summed E-state index contributed by atoms with van der Waals surface area (Å²) >= 11 is 0. The Balaban J connectivity index is 2.23. The molecule has 1 aromatic carbocycles. The predicted octanol–water partition coefficient (Wildman–Crippen LogP) is 3.17. The molecule has 0 amide bonds. The molecule has 3 aromatic rings. The van der Waals surface area contributed by atoms with E-state index < -0.39 is 5.97 Å². The van der Waals surface area contributed by atoms with Crippen molar-refractivity contribution in [1.29, 1.82) is 0 Å². The number of fused-ring (bicyclic) bond motifs is 1. The molecular formula is C14H12N2O2. The summed E-state index contributed by atoms with van der Waals surface area (Å²) in [5, 5.41) is 10.2. The summed E-state index contributed by atoms with van der Waals surface area (Å²) in [6.45, 7) is 2.02. The molecule has 0 bridgehead atoms. The van der Waals surface area contributed by atoms with Crippen LogP contribution < -0.4 is 0 Å². The van der Waals surface area contributed by atoms with Crippen LogP contribution in [0.1, 0.15) is 15.9 Å². The monoisotopic (exact) mass is 240 g/mol. The second kappa shape index (κ2) is 3.77. The second-order valence-electron chi connectivity index (χ2n) is 4.29. The van der Waals surface area contributed by atoms with Crippen LogP contribution in [0.5, 0.6) is 0 Å². The molecule has 4 nitrogen and oxygen atoms in total. The van der Waals surface area contributed by atoms with Gasteiger partial charge >= 0.3 is 5.97 Å². The molecule has 90 valence electrons. The summed E-state index contributed by atoms with van der Waals surface area (Å²) in [5.41, 5.74) is 3.86. The Bertz CT molecular complexity index is 737. The van der Waals surface area contributed by atoms with Gasteiger partial charge in [0.05, 0.1) is 17.0 Å². The van der Waals surface area contributed by atoms with Crippen molar-refractivity contribution >= 4 is 16.9 Å². The number of aromatic nitrogens is 2. The number of carboxylic acids is 1. The first-order valence-electron chi connectivity index (χ1n) is 5.66. The fraction of sp³-hybridized carbons (Fsp3) is 0.0714. The maximum atomic E-state index is 11.1. The summed E-state index contributed by atoms with van der Waals surface area (Å²) in [7, 11) is 0. The number of benzene rings is 1. The molecule has 0 fully saturated rings. The number of rotatable bonds is 2. The molecule has 2 aromatic heterocycles. The summed E-state index contributed by atoms with van der Waals surface area (Å²) in [4.78, 5) is 17.3. The molecule has 0 radical (unpaired) electrons. The van der Waals surface area contributed by atoms with E-state index in [0.29, 0.717) is 5.69 Å². The Hall–Kier alpha value is -2.49. The maximum Gasteiger partial charge on any atom is 0.337 e. The van der Waals surface area contributed by atoms with E-state index in [0.717, 1.165) is 22.2 Å². The molecule has 0 unspecified atom stereocenters. The van der Waals surface area contributed by atoms with Gasteiger partial charge in [-0.25, -0.2) is 4.79 Å². The summed E-state index contributed by atoms with van der Waals surface area (Å²) in [6.07, 6.45) is 1.64. The third-order valence-corrected chi connectivity index (χ3v) is 3.11. The standard InChI is InChI=1S/C14H12N2O2/c1-8-3-2-4-9-7-11(16-12(8)9)13-10(14(17)18)5-6-15-13/h2-7,15-16H,1H3,(H,17,18). The van der Waals surface area contributed by atoms with Crippen molar-refractivity contribution in [2.24, 2.45) is 0 Å². The Morgan fingerprint density at radius 2 is 2.11 bits per heavy atom. The lowest BCUT2D eigenvalue weighted by Crippen LogP contribution is -1.96. The highest BCUT2D eigenvalue weighted by Crippen LogP contribution is 2.27. The van der Waals surface area contributed by atoms with Crippen LogP contribution in [0, 0.1) is 6.92 Å². The van der Waals surface area contributed by atoms with Crippen molar-refractivity contribution in [2.45, 2.75) is 6.92 Å². The number of nitrogens with one attached hydrogen (secondary N) is 2. The summed E-state index contributed by atoms with van der Waals surface area (Å²) in [6, 6.07) is 9.54. The lowest BCUT2D eigenvalue weighted by molar-refractivity contribution is 0.0698. The number of hydrogen-bond donors (Lipinski definition) is 3. The van der Waals surface area contributed by atoms with Crippen LogP contribution in [0.4, 0.5) is 0 Å². The predicted molar refractivity (Wildman–Crippen MR) is 69.8 cm³/mol. The van der Waals surface area contributed by atoms with Crippen LogP contribution in [0.25, 0.3) is 22.3 Å². The number of aryl methyl sites for hydroxylation is 1. The van der Waals surface area contributed by atoms with Gasteiger partial charge in [-0.05, 0) is 24.6 Å². The van der Waals surface area contributed by atoms with Crippen molar-refractivity contribution in [1.82, 2.24) is 9.97 Å². The van der Waals surface area contributed by atoms with Gasteiger partial charge in [0.2, 0.25) is 0 Å². The van der Waals surface area contributed by atoms with Crippen molar-refractivity contribution in [3.63, 3.8) is 0 Å². The fourth-order valence-electron chi connectivity index (χ4n) is 2.21. The Labute approximate surface area is 103 Å². The van der Waals surface area contributed by atoms with E-state index in [-0.39, 0.29) is 5.56 Å². The zero-order chi connectivity index (χ0) is 12.7. The van der Waals surface area contributed by atoms with Crippen LogP contribution in [-0.2, 0) is 0 Å². The lowest BCUT2D eigenvalue weighted by atomic mass is 10.1. The fourth-order valence-corrected chi connectivity index (χ4v) is 2.21. The molecular weight excluding hydrogens is 228 g/mol. The van der Waals surface area contributed by atoms with E-state index in [9.17, 15) is 4.79 Å². The van der Waals surface area contributed by atoms with E-state index in [2.05, 4.69) is 9.97 Å². The van der Waals surface area contributed by atoms with Crippen LogP contribution in [0.3, 0.4) is 0 Å². The van der Waals surface area contributed by atoms with Gasteiger partial charge in [0.15, 0.2) is 0 Å². The van der Waals surface area contributed by atoms with Crippen LogP contribution in [0.2, 0.25) is 0 Å². The van der Waals surface area contributed by atoms with E-state index >= 15 is 0 Å². The van der Waals surface area contributed by atoms with Crippen molar-refractivity contribution in [3.8, 4) is 11.4 Å². The number of para-hydroxylation sites is 1. The molecule has 0 aliphatic carbocycles. The first-order valence-corrected chi connectivity index (χ1v) is 5.66. The van der Waals surface area contributed by atoms with Crippen LogP contribution in [0.15, 0.2) is 36.5 Å². The van der Waals surface area contributed by atoms with Gasteiger partial charge in [0.25, 0.3) is 0 Å². The molecule has 0 spiro atoms. The van der Waals surface area contributed by atoms with Gasteiger partial charge in [-0.2, -0.15) is 0 Å². The third-order valence-electron chi connectivity index (χ3n) is 3.11. The smallest absolute Gasteiger partial charge is 0.337 e. The highest BCUT2D eigenvalue weighted by atomic mass is 16.4. The molecule has 3 rings (SSSR count). The molecule has 0 saturated heterocycles. The molecule has 0 aliphatic rings. The number of aromatic carboxylic acids is 1. The molecule has 3 N–H and O–H groups in total. The van der Waals surface area contributed by atoms with Gasteiger partial charge in [0, 0.05) is 17.1 Å². The topological polar surface area (TPSA) is 68.9 Å². The van der Waals surface area contributed by atoms with E-state index in [1.165, 1.54) is 0 Å². The van der Waals surface area contributed by atoms with Crippen LogP contribution >= 0.6 is 0 Å². The highest BCUT2D eigenvalue weighted by molar-refractivity contribution is 5.97. The molecule has 0 aliphatic heterocycles. The van der Waals surface area contributed by atoms with E-state index in [1.807, 2.05) is 31.2 Å². The van der Waals surface area contributed by atoms with Gasteiger partial charge in [-0.15, -0.1) is 0 Å². The van der Waals surface area contributed by atoms with Crippen molar-refractivity contribution < 1.29 is 9.90 Å². The molecule has 0 saturated carbocycles. The molecule has 2 heterocycles. The van der Waals surface area contributed by atoms with Crippen molar-refractivity contribution in [2.75, 3.05) is 0 Å². The normalized spacial score (nSPS) is 10.9. The number of H-pyrrole nitrogens is 2. The number of hydrogen-bond acceptors (Lipinski definition) is 1. The average molecular weight is 240 g/mol. The highest BCUT2D eigenvalue weighted by Gasteiger charge is 2.14. The summed E-state index contributed by atoms with van der Waals surface area (Å²) in [5.74, 6) is -0.929. The largest absolute Gasteiger partial charge is 0.478 e. The third kappa shape index (κ3) is 1.50. The zero-order valence-electron chi connectivity index (χ0n) is 9.82. The number of carboxylic acid groups (broad SMARTS) is 1.